The topological polar surface area (TPSA) is 60.4 Å². The third-order valence-electron chi connectivity index (χ3n) is 4.38. The highest BCUT2D eigenvalue weighted by molar-refractivity contribution is 7.98. The van der Waals surface area contributed by atoms with Crippen LogP contribution in [0.3, 0.4) is 0 Å². The number of benzene rings is 2. The van der Waals surface area contributed by atoms with E-state index in [0.717, 1.165) is 36.8 Å². The van der Waals surface area contributed by atoms with Gasteiger partial charge in [0.15, 0.2) is 5.16 Å². The zero-order valence-electron chi connectivity index (χ0n) is 14.1. The number of thioether (sulfide) groups is 1. The Morgan fingerprint density at radius 1 is 1.22 bits per heavy atom. The van der Waals surface area contributed by atoms with E-state index in [1.807, 2.05) is 25.1 Å². The summed E-state index contributed by atoms with van der Waals surface area (Å²) < 4.78 is 8.55. The van der Waals surface area contributed by atoms with Gasteiger partial charge in [0.25, 0.3) is 0 Å². The maximum atomic E-state index is 12.0. The number of aryl methyl sites for hydroxylation is 1. The number of nitrogens with zero attached hydrogens (tertiary/aromatic N) is 3. The van der Waals surface area contributed by atoms with Crippen molar-refractivity contribution in [3.05, 3.63) is 69.0 Å². The summed E-state index contributed by atoms with van der Waals surface area (Å²) in [6.45, 7) is 1.89. The lowest BCUT2D eigenvalue weighted by Gasteiger charge is -2.07. The van der Waals surface area contributed by atoms with Gasteiger partial charge in [0, 0.05) is 22.2 Å². The second kappa shape index (κ2) is 6.37. The molecule has 8 heteroatoms. The molecule has 0 saturated carbocycles. The molecule has 0 radical (unpaired) electrons. The number of para-hydroxylation sites is 1. The molecule has 5 rings (SSSR count). The Morgan fingerprint density at radius 3 is 2.96 bits per heavy atom. The van der Waals surface area contributed by atoms with Crippen LogP contribution in [0.4, 0.5) is 0 Å². The summed E-state index contributed by atoms with van der Waals surface area (Å²) in [6, 6.07) is 13.3. The van der Waals surface area contributed by atoms with Gasteiger partial charge in [-0.25, -0.2) is 4.79 Å². The van der Waals surface area contributed by atoms with Gasteiger partial charge in [-0.15, -0.1) is 10.2 Å². The molecule has 27 heavy (non-hydrogen) atoms. The van der Waals surface area contributed by atoms with E-state index in [0.29, 0.717) is 16.4 Å². The Hall–Kier alpha value is -2.35. The van der Waals surface area contributed by atoms with Gasteiger partial charge in [-0.05, 0) is 42.3 Å². The van der Waals surface area contributed by atoms with Crippen LogP contribution < -0.4 is 5.63 Å². The second-order valence-corrected chi connectivity index (χ2v) is 8.51. The summed E-state index contributed by atoms with van der Waals surface area (Å²) in [7, 11) is 0. The van der Waals surface area contributed by atoms with Crippen molar-refractivity contribution >= 4 is 60.8 Å². The molecule has 0 aliphatic rings. The fourth-order valence-electron chi connectivity index (χ4n) is 3.06. The largest absolute Gasteiger partial charge is 0.423 e. The summed E-state index contributed by atoms with van der Waals surface area (Å²) in [5, 5.41) is 10.9. The third-order valence-corrected chi connectivity index (χ3v) is 6.77. The van der Waals surface area contributed by atoms with Crippen LogP contribution in [0.5, 0.6) is 0 Å². The minimum absolute atomic E-state index is 0.368. The van der Waals surface area contributed by atoms with Gasteiger partial charge >= 0.3 is 5.63 Å². The molecule has 2 aromatic carbocycles. The Morgan fingerprint density at radius 2 is 2.07 bits per heavy atom. The Labute approximate surface area is 166 Å². The second-order valence-electron chi connectivity index (χ2n) is 6.15. The highest BCUT2D eigenvalue weighted by Gasteiger charge is 2.14. The van der Waals surface area contributed by atoms with E-state index < -0.39 is 0 Å². The molecule has 0 aliphatic carbocycles. The van der Waals surface area contributed by atoms with Gasteiger partial charge in [0.1, 0.15) is 5.58 Å². The standard InChI is InChI=1S/C19H12ClN3O2S2/c1-10-6-15-12(8-13(10)20)11(7-17(24)25-15)9-26-18-21-22-19-23(18)14-4-2-3-5-16(14)27-19/h2-8H,9H2,1H3. The van der Waals surface area contributed by atoms with Gasteiger partial charge in [-0.2, -0.15) is 0 Å². The molecule has 0 atom stereocenters. The minimum Gasteiger partial charge on any atom is -0.423 e. The van der Waals surface area contributed by atoms with E-state index >= 15 is 0 Å². The third kappa shape index (κ3) is 2.82. The summed E-state index contributed by atoms with van der Waals surface area (Å²) in [5.74, 6) is 0.562. The summed E-state index contributed by atoms with van der Waals surface area (Å²) in [4.78, 5) is 12.8. The van der Waals surface area contributed by atoms with Gasteiger partial charge in [0.2, 0.25) is 4.96 Å². The average Bonchev–Trinajstić information content (AvgIpc) is 3.20. The molecule has 0 bridgehead atoms. The molecule has 0 amide bonds. The molecular formula is C19H12ClN3O2S2. The zero-order chi connectivity index (χ0) is 18.5. The van der Waals surface area contributed by atoms with Crippen LogP contribution in [0, 0.1) is 6.92 Å². The Balaban J connectivity index is 1.58. The van der Waals surface area contributed by atoms with E-state index in [1.165, 1.54) is 17.8 Å². The predicted octanol–water partition coefficient (Wildman–Crippen LogP) is 5.30. The van der Waals surface area contributed by atoms with Crippen molar-refractivity contribution in [2.45, 2.75) is 17.8 Å². The molecule has 0 aliphatic heterocycles. The first-order valence-corrected chi connectivity index (χ1v) is 10.4. The van der Waals surface area contributed by atoms with Gasteiger partial charge in [-0.1, -0.05) is 46.8 Å². The highest BCUT2D eigenvalue weighted by Crippen LogP contribution is 2.32. The maximum Gasteiger partial charge on any atom is 0.336 e. The molecule has 3 aromatic heterocycles. The molecule has 0 unspecified atom stereocenters. The first-order valence-electron chi connectivity index (χ1n) is 8.18. The van der Waals surface area contributed by atoms with Crippen molar-refractivity contribution in [3.63, 3.8) is 0 Å². The van der Waals surface area contributed by atoms with Crippen molar-refractivity contribution in [2.75, 3.05) is 0 Å². The summed E-state index contributed by atoms with van der Waals surface area (Å²) >= 11 is 9.42. The highest BCUT2D eigenvalue weighted by atomic mass is 35.5. The van der Waals surface area contributed by atoms with E-state index in [2.05, 4.69) is 26.7 Å². The number of hydrogen-bond donors (Lipinski definition) is 0. The first kappa shape index (κ1) is 16.8. The monoisotopic (exact) mass is 413 g/mol. The minimum atomic E-state index is -0.368. The van der Waals surface area contributed by atoms with Crippen molar-refractivity contribution in [3.8, 4) is 0 Å². The number of halogens is 1. The Kier molecular flexibility index (Phi) is 3.96. The number of rotatable bonds is 3. The molecule has 134 valence electrons. The van der Waals surface area contributed by atoms with Crippen LogP contribution in [0.15, 0.2) is 56.8 Å². The predicted molar refractivity (Wildman–Crippen MR) is 110 cm³/mol. The number of fused-ring (bicyclic) bond motifs is 4. The molecule has 0 saturated heterocycles. The number of thiazole rings is 1. The maximum absolute atomic E-state index is 12.0. The van der Waals surface area contributed by atoms with Crippen LogP contribution in [0.1, 0.15) is 11.1 Å². The SMILES string of the molecule is Cc1cc2oc(=O)cc(CSc3nnc4sc5ccccc5n34)c2cc1Cl. The number of aromatic nitrogens is 3. The van der Waals surface area contributed by atoms with E-state index in [4.69, 9.17) is 16.0 Å². The van der Waals surface area contributed by atoms with E-state index in [1.54, 1.807) is 17.4 Å². The molecule has 0 fully saturated rings. The van der Waals surface area contributed by atoms with Crippen LogP contribution in [0.25, 0.3) is 26.1 Å². The van der Waals surface area contributed by atoms with Crippen LogP contribution >= 0.6 is 34.7 Å². The normalized spacial score (nSPS) is 11.8. The fourth-order valence-corrected chi connectivity index (χ4v) is 5.18. The quantitative estimate of drug-likeness (QED) is 0.296. The lowest BCUT2D eigenvalue weighted by molar-refractivity contribution is 0.559. The van der Waals surface area contributed by atoms with E-state index in [9.17, 15) is 4.79 Å². The Bertz CT molecular complexity index is 1390. The van der Waals surface area contributed by atoms with Gasteiger partial charge in [-0.3, -0.25) is 4.40 Å². The summed E-state index contributed by atoms with van der Waals surface area (Å²) in [6.07, 6.45) is 0. The molecule has 0 N–H and O–H groups in total. The molecule has 5 nitrogen and oxygen atoms in total. The zero-order valence-corrected chi connectivity index (χ0v) is 16.5. The summed E-state index contributed by atoms with van der Waals surface area (Å²) in [5.41, 5.74) is 3.01. The lowest BCUT2D eigenvalue weighted by Crippen LogP contribution is -2.00. The molecular weight excluding hydrogens is 402 g/mol. The van der Waals surface area contributed by atoms with Crippen molar-refractivity contribution in [2.24, 2.45) is 0 Å². The van der Waals surface area contributed by atoms with Crippen molar-refractivity contribution < 1.29 is 4.42 Å². The molecule has 3 heterocycles. The van der Waals surface area contributed by atoms with Gasteiger partial charge < -0.3 is 4.42 Å². The van der Waals surface area contributed by atoms with Crippen molar-refractivity contribution in [1.82, 2.24) is 14.6 Å². The molecule has 0 spiro atoms. The number of hydrogen-bond acceptors (Lipinski definition) is 6. The smallest absolute Gasteiger partial charge is 0.336 e. The van der Waals surface area contributed by atoms with Crippen molar-refractivity contribution in [1.29, 1.82) is 0 Å². The first-order chi connectivity index (χ1) is 13.1. The fraction of sp³-hybridized carbons (Fsp3) is 0.105. The molecule has 5 aromatic rings. The lowest BCUT2D eigenvalue weighted by atomic mass is 10.1. The average molecular weight is 414 g/mol. The van der Waals surface area contributed by atoms with Crippen LogP contribution in [-0.4, -0.2) is 14.6 Å². The van der Waals surface area contributed by atoms with Crippen LogP contribution in [-0.2, 0) is 5.75 Å². The van der Waals surface area contributed by atoms with E-state index in [-0.39, 0.29) is 5.63 Å². The van der Waals surface area contributed by atoms with Gasteiger partial charge in [0.05, 0.1) is 10.2 Å². The van der Waals surface area contributed by atoms with Crippen LogP contribution in [0.2, 0.25) is 5.02 Å².